The van der Waals surface area contributed by atoms with Crippen LogP contribution in [0.15, 0.2) is 40.8 Å². The predicted molar refractivity (Wildman–Crippen MR) is 111 cm³/mol. The van der Waals surface area contributed by atoms with Gasteiger partial charge in [-0.25, -0.2) is 4.98 Å². The Kier molecular flexibility index (Phi) is 8.34. The number of amides is 1. The van der Waals surface area contributed by atoms with Crippen LogP contribution in [0.5, 0.6) is 0 Å². The van der Waals surface area contributed by atoms with Crippen molar-refractivity contribution in [3.8, 4) is 0 Å². The number of hydrogen-bond donors (Lipinski definition) is 1. The van der Waals surface area contributed by atoms with Crippen LogP contribution in [0.25, 0.3) is 10.9 Å². The molecule has 1 atom stereocenters. The number of halogens is 1. The van der Waals surface area contributed by atoms with Crippen molar-refractivity contribution in [2.45, 2.75) is 37.2 Å². The Balaban J connectivity index is 2.36. The Morgan fingerprint density at radius 3 is 3.00 bits per heavy atom. The third kappa shape index (κ3) is 5.82. The molecule has 2 rings (SSSR count). The van der Waals surface area contributed by atoms with Gasteiger partial charge in [-0.05, 0) is 38.5 Å². The number of rotatable bonds is 10. The van der Waals surface area contributed by atoms with Gasteiger partial charge in [0, 0.05) is 31.3 Å². The fraction of sp³-hybridized carbons (Fsp3) is 0.421. The van der Waals surface area contributed by atoms with Gasteiger partial charge in [-0.15, -0.1) is 6.58 Å². The molecule has 1 heterocycles. The molecular weight excluding hydrogens is 386 g/mol. The Hall–Kier alpha value is -1.83. The second-order valence-electron chi connectivity index (χ2n) is 5.86. The summed E-state index contributed by atoms with van der Waals surface area (Å²) in [6, 6.07) is 5.02. The minimum absolute atomic E-state index is 0.138. The van der Waals surface area contributed by atoms with Gasteiger partial charge in [-0.3, -0.25) is 14.2 Å². The molecule has 0 spiro atoms. The highest BCUT2D eigenvalue weighted by Crippen LogP contribution is 2.24. The maximum atomic E-state index is 13.0. The Bertz CT molecular complexity index is 869. The third-order valence-corrected chi connectivity index (χ3v) is 5.15. The summed E-state index contributed by atoms with van der Waals surface area (Å²) < 4.78 is 6.98. The van der Waals surface area contributed by atoms with Gasteiger partial charge in [-0.1, -0.05) is 29.4 Å². The van der Waals surface area contributed by atoms with Crippen LogP contribution in [-0.2, 0) is 16.1 Å². The van der Waals surface area contributed by atoms with Gasteiger partial charge in [0.25, 0.3) is 5.56 Å². The van der Waals surface area contributed by atoms with E-state index in [2.05, 4.69) is 16.9 Å². The average molecular weight is 410 g/mol. The Morgan fingerprint density at radius 1 is 1.52 bits per heavy atom. The van der Waals surface area contributed by atoms with E-state index in [9.17, 15) is 9.59 Å². The van der Waals surface area contributed by atoms with E-state index in [0.717, 1.165) is 0 Å². The van der Waals surface area contributed by atoms with Crippen LogP contribution in [0.2, 0.25) is 5.02 Å². The van der Waals surface area contributed by atoms with Crippen molar-refractivity contribution in [1.29, 1.82) is 0 Å². The van der Waals surface area contributed by atoms with Crippen LogP contribution in [-0.4, -0.2) is 40.5 Å². The zero-order chi connectivity index (χ0) is 19.8. The highest BCUT2D eigenvalue weighted by atomic mass is 35.5. The first-order valence-electron chi connectivity index (χ1n) is 8.81. The Labute approximate surface area is 167 Å². The van der Waals surface area contributed by atoms with Crippen LogP contribution in [0.4, 0.5) is 0 Å². The van der Waals surface area contributed by atoms with E-state index in [1.165, 1.54) is 11.8 Å². The standard InChI is InChI=1S/C19H24ClN3O3S/c1-4-9-21-17(24)13(3)27-19-22-16-12-14(20)7-8-15(16)18(25)23(19)10-6-11-26-5-2/h4,7-8,12-13H,1,5-6,9-11H2,2-3H3,(H,21,24)/t13-/m0/s1. The van der Waals surface area contributed by atoms with Crippen molar-refractivity contribution in [2.24, 2.45) is 0 Å². The number of nitrogens with one attached hydrogen (secondary N) is 1. The van der Waals surface area contributed by atoms with Crippen molar-refractivity contribution < 1.29 is 9.53 Å². The molecule has 0 saturated heterocycles. The van der Waals surface area contributed by atoms with Gasteiger partial charge in [0.15, 0.2) is 5.16 Å². The second kappa shape index (κ2) is 10.5. The molecule has 0 aliphatic heterocycles. The average Bonchev–Trinajstić information content (AvgIpc) is 2.64. The summed E-state index contributed by atoms with van der Waals surface area (Å²) in [5.41, 5.74) is 0.379. The summed E-state index contributed by atoms with van der Waals surface area (Å²) in [7, 11) is 0. The molecule has 0 saturated carbocycles. The molecule has 1 N–H and O–H groups in total. The molecule has 146 valence electrons. The number of hydrogen-bond acceptors (Lipinski definition) is 5. The van der Waals surface area contributed by atoms with E-state index in [0.29, 0.717) is 53.8 Å². The number of fused-ring (bicyclic) bond motifs is 1. The first-order chi connectivity index (χ1) is 13.0. The van der Waals surface area contributed by atoms with Crippen molar-refractivity contribution in [3.63, 3.8) is 0 Å². The molecule has 27 heavy (non-hydrogen) atoms. The molecule has 6 nitrogen and oxygen atoms in total. The molecule has 0 radical (unpaired) electrons. The molecule has 1 aromatic heterocycles. The quantitative estimate of drug-likeness (QED) is 0.282. The minimum Gasteiger partial charge on any atom is -0.382 e. The van der Waals surface area contributed by atoms with Crippen LogP contribution >= 0.6 is 23.4 Å². The minimum atomic E-state index is -0.411. The van der Waals surface area contributed by atoms with Crippen molar-refractivity contribution in [1.82, 2.24) is 14.9 Å². The molecule has 0 fully saturated rings. The molecule has 1 amide bonds. The topological polar surface area (TPSA) is 73.2 Å². The summed E-state index contributed by atoms with van der Waals surface area (Å²) in [5.74, 6) is -0.138. The van der Waals surface area contributed by atoms with Gasteiger partial charge in [-0.2, -0.15) is 0 Å². The maximum absolute atomic E-state index is 13.0. The van der Waals surface area contributed by atoms with E-state index in [1.807, 2.05) is 6.92 Å². The predicted octanol–water partition coefficient (Wildman–Crippen LogP) is 3.26. The second-order valence-corrected chi connectivity index (χ2v) is 7.60. The first kappa shape index (κ1) is 21.5. The SMILES string of the molecule is C=CCNC(=O)[C@H](C)Sc1nc2cc(Cl)ccc2c(=O)n1CCCOCC. The largest absolute Gasteiger partial charge is 0.382 e. The molecule has 2 aromatic rings. The lowest BCUT2D eigenvalue weighted by Crippen LogP contribution is -2.32. The van der Waals surface area contributed by atoms with Gasteiger partial charge >= 0.3 is 0 Å². The van der Waals surface area contributed by atoms with Crippen molar-refractivity contribution in [2.75, 3.05) is 19.8 Å². The summed E-state index contributed by atoms with van der Waals surface area (Å²) >= 11 is 7.30. The third-order valence-electron chi connectivity index (χ3n) is 3.83. The van der Waals surface area contributed by atoms with E-state index in [-0.39, 0.29) is 11.5 Å². The number of nitrogens with zero attached hydrogens (tertiary/aromatic N) is 2. The normalized spacial score (nSPS) is 12.1. The van der Waals surface area contributed by atoms with Crippen LogP contribution < -0.4 is 10.9 Å². The lowest BCUT2D eigenvalue weighted by atomic mass is 10.2. The summed E-state index contributed by atoms with van der Waals surface area (Å²) in [6.45, 7) is 9.35. The van der Waals surface area contributed by atoms with E-state index in [1.54, 1.807) is 35.8 Å². The molecule has 0 unspecified atom stereocenters. The van der Waals surface area contributed by atoms with E-state index in [4.69, 9.17) is 16.3 Å². The van der Waals surface area contributed by atoms with Crippen LogP contribution in [0, 0.1) is 0 Å². The lowest BCUT2D eigenvalue weighted by molar-refractivity contribution is -0.120. The zero-order valence-electron chi connectivity index (χ0n) is 15.5. The molecule has 0 bridgehead atoms. The summed E-state index contributed by atoms with van der Waals surface area (Å²) in [6.07, 6.45) is 2.30. The summed E-state index contributed by atoms with van der Waals surface area (Å²) in [4.78, 5) is 29.7. The molecule has 0 aliphatic carbocycles. The van der Waals surface area contributed by atoms with Crippen molar-refractivity contribution in [3.05, 3.63) is 46.2 Å². The van der Waals surface area contributed by atoms with Crippen LogP contribution in [0.1, 0.15) is 20.3 Å². The molecule has 0 aliphatic rings. The molecular formula is C19H24ClN3O3S. The summed E-state index contributed by atoms with van der Waals surface area (Å²) in [5, 5.41) is 3.86. The lowest BCUT2D eigenvalue weighted by Gasteiger charge is -2.16. The Morgan fingerprint density at radius 2 is 2.30 bits per heavy atom. The van der Waals surface area contributed by atoms with Gasteiger partial charge in [0.05, 0.1) is 16.2 Å². The molecule has 1 aromatic carbocycles. The highest BCUT2D eigenvalue weighted by Gasteiger charge is 2.19. The number of carbonyl (C=O) groups excluding carboxylic acids is 1. The van der Waals surface area contributed by atoms with E-state index < -0.39 is 5.25 Å². The zero-order valence-corrected chi connectivity index (χ0v) is 17.1. The number of benzene rings is 1. The van der Waals surface area contributed by atoms with Crippen molar-refractivity contribution >= 4 is 40.2 Å². The number of carbonyl (C=O) groups is 1. The fourth-order valence-electron chi connectivity index (χ4n) is 2.46. The van der Waals surface area contributed by atoms with Gasteiger partial charge < -0.3 is 10.1 Å². The smallest absolute Gasteiger partial charge is 0.262 e. The van der Waals surface area contributed by atoms with Gasteiger partial charge in [0.1, 0.15) is 0 Å². The fourth-order valence-corrected chi connectivity index (χ4v) is 3.58. The number of thioether (sulfide) groups is 1. The first-order valence-corrected chi connectivity index (χ1v) is 10.1. The maximum Gasteiger partial charge on any atom is 0.262 e. The molecule has 8 heteroatoms. The highest BCUT2D eigenvalue weighted by molar-refractivity contribution is 8.00. The van der Waals surface area contributed by atoms with Gasteiger partial charge in [0.2, 0.25) is 5.91 Å². The van der Waals surface area contributed by atoms with E-state index >= 15 is 0 Å². The number of ether oxygens (including phenoxy) is 1. The number of aromatic nitrogens is 2. The monoisotopic (exact) mass is 409 g/mol. The van der Waals surface area contributed by atoms with Crippen LogP contribution in [0.3, 0.4) is 0 Å².